The van der Waals surface area contributed by atoms with E-state index in [4.69, 9.17) is 5.73 Å². The van der Waals surface area contributed by atoms with Crippen molar-refractivity contribution in [1.82, 2.24) is 15.0 Å². The molecule has 0 amide bonds. The van der Waals surface area contributed by atoms with Crippen molar-refractivity contribution >= 4 is 11.8 Å². The van der Waals surface area contributed by atoms with Crippen LogP contribution in [0.3, 0.4) is 0 Å². The van der Waals surface area contributed by atoms with Gasteiger partial charge < -0.3 is 5.73 Å². The second-order valence-electron chi connectivity index (χ2n) is 3.48. The van der Waals surface area contributed by atoms with Gasteiger partial charge in [-0.05, 0) is 24.3 Å². The summed E-state index contributed by atoms with van der Waals surface area (Å²) in [5, 5.41) is 7.85. The van der Waals surface area contributed by atoms with E-state index >= 15 is 0 Å². The van der Waals surface area contributed by atoms with Gasteiger partial charge in [0, 0.05) is 23.4 Å². The Morgan fingerprint density at radius 2 is 2.06 bits per heavy atom. The third-order valence-electron chi connectivity index (χ3n) is 2.20. The maximum absolute atomic E-state index is 12.7. The summed E-state index contributed by atoms with van der Waals surface area (Å²) in [6.07, 6.45) is 1.84. The third-order valence-corrected chi connectivity index (χ3v) is 3.19. The number of thioether (sulfide) groups is 1. The van der Waals surface area contributed by atoms with E-state index in [2.05, 4.69) is 10.3 Å². The Balaban J connectivity index is 1.81. The molecule has 6 heteroatoms. The van der Waals surface area contributed by atoms with Crippen LogP contribution in [0.15, 0.2) is 35.4 Å². The first-order chi connectivity index (χ1) is 8.28. The molecule has 0 atom stereocenters. The van der Waals surface area contributed by atoms with Gasteiger partial charge in [0.05, 0.1) is 12.2 Å². The summed E-state index contributed by atoms with van der Waals surface area (Å²) in [5.74, 6) is 0.650. The Morgan fingerprint density at radius 1 is 1.29 bits per heavy atom. The number of nitrogens with zero attached hydrogens (tertiary/aromatic N) is 3. The van der Waals surface area contributed by atoms with E-state index in [1.54, 1.807) is 28.6 Å². The summed E-state index contributed by atoms with van der Waals surface area (Å²) in [7, 11) is 0. The van der Waals surface area contributed by atoms with Gasteiger partial charge in [0.1, 0.15) is 5.82 Å². The van der Waals surface area contributed by atoms with E-state index < -0.39 is 0 Å². The lowest BCUT2D eigenvalue weighted by atomic mass is 10.4. The highest BCUT2D eigenvalue weighted by Crippen LogP contribution is 2.18. The molecular formula is C11H13FN4S. The number of aryl methyl sites for hydroxylation is 1. The summed E-state index contributed by atoms with van der Waals surface area (Å²) in [6.45, 7) is 1.17. The number of hydrogen-bond acceptors (Lipinski definition) is 4. The van der Waals surface area contributed by atoms with Crippen molar-refractivity contribution < 1.29 is 4.39 Å². The minimum absolute atomic E-state index is 0.210. The predicted octanol–water partition coefficient (Wildman–Crippen LogP) is 1.67. The van der Waals surface area contributed by atoms with Crippen LogP contribution in [0.5, 0.6) is 0 Å². The van der Waals surface area contributed by atoms with Crippen LogP contribution >= 0.6 is 11.8 Å². The number of rotatable bonds is 5. The van der Waals surface area contributed by atoms with Crippen LogP contribution in [0, 0.1) is 5.82 Å². The second-order valence-corrected chi connectivity index (χ2v) is 4.65. The molecule has 0 unspecified atom stereocenters. The van der Waals surface area contributed by atoms with Crippen molar-refractivity contribution in [2.75, 3.05) is 5.75 Å². The van der Waals surface area contributed by atoms with E-state index in [0.29, 0.717) is 6.54 Å². The zero-order valence-corrected chi connectivity index (χ0v) is 10.0. The lowest BCUT2D eigenvalue weighted by Crippen LogP contribution is -2.01. The first kappa shape index (κ1) is 12.1. The fraction of sp³-hybridized carbons (Fsp3) is 0.273. The molecule has 0 saturated carbocycles. The predicted molar refractivity (Wildman–Crippen MR) is 65.0 cm³/mol. The van der Waals surface area contributed by atoms with E-state index in [0.717, 1.165) is 22.9 Å². The summed E-state index contributed by atoms with van der Waals surface area (Å²) < 4.78 is 14.4. The Morgan fingerprint density at radius 3 is 2.71 bits per heavy atom. The van der Waals surface area contributed by atoms with Gasteiger partial charge in [-0.3, -0.25) is 4.68 Å². The van der Waals surface area contributed by atoms with Gasteiger partial charge >= 0.3 is 0 Å². The number of halogens is 1. The second kappa shape index (κ2) is 5.79. The molecule has 2 N–H and O–H groups in total. The average molecular weight is 252 g/mol. The first-order valence-corrected chi connectivity index (χ1v) is 6.24. The van der Waals surface area contributed by atoms with Crippen molar-refractivity contribution in [3.8, 4) is 0 Å². The van der Waals surface area contributed by atoms with Gasteiger partial charge in [0.15, 0.2) is 0 Å². The van der Waals surface area contributed by atoms with Gasteiger partial charge in [-0.25, -0.2) is 4.39 Å². The van der Waals surface area contributed by atoms with Crippen LogP contribution in [-0.4, -0.2) is 20.7 Å². The summed E-state index contributed by atoms with van der Waals surface area (Å²) >= 11 is 1.65. The molecule has 1 heterocycles. The third kappa shape index (κ3) is 3.54. The zero-order chi connectivity index (χ0) is 12.1. The van der Waals surface area contributed by atoms with E-state index in [9.17, 15) is 4.39 Å². The van der Waals surface area contributed by atoms with E-state index in [1.165, 1.54) is 12.1 Å². The van der Waals surface area contributed by atoms with E-state index in [-0.39, 0.29) is 5.82 Å². The minimum Gasteiger partial charge on any atom is -0.325 e. The number of hydrogen-bond donors (Lipinski definition) is 1. The molecule has 2 rings (SSSR count). The lowest BCUT2D eigenvalue weighted by Gasteiger charge is -2.01. The molecule has 0 saturated heterocycles. The van der Waals surface area contributed by atoms with Crippen LogP contribution in [0.4, 0.5) is 4.39 Å². The highest BCUT2D eigenvalue weighted by atomic mass is 32.2. The van der Waals surface area contributed by atoms with Crippen molar-refractivity contribution in [1.29, 1.82) is 0 Å². The highest BCUT2D eigenvalue weighted by Gasteiger charge is 1.99. The Bertz CT molecular complexity index is 469. The summed E-state index contributed by atoms with van der Waals surface area (Å²) in [4.78, 5) is 1.05. The highest BCUT2D eigenvalue weighted by molar-refractivity contribution is 7.99. The van der Waals surface area contributed by atoms with Crippen molar-refractivity contribution in [3.05, 3.63) is 42.0 Å². The van der Waals surface area contributed by atoms with Crippen molar-refractivity contribution in [2.24, 2.45) is 5.73 Å². The van der Waals surface area contributed by atoms with Crippen LogP contribution in [0.25, 0.3) is 0 Å². The smallest absolute Gasteiger partial charge is 0.123 e. The van der Waals surface area contributed by atoms with E-state index in [1.807, 2.05) is 6.20 Å². The summed E-state index contributed by atoms with van der Waals surface area (Å²) in [5.41, 5.74) is 6.23. The molecule has 0 spiro atoms. The van der Waals surface area contributed by atoms with Crippen LogP contribution < -0.4 is 5.73 Å². The van der Waals surface area contributed by atoms with Crippen LogP contribution in [-0.2, 0) is 13.1 Å². The molecule has 0 fully saturated rings. The van der Waals surface area contributed by atoms with Crippen molar-refractivity contribution in [3.63, 3.8) is 0 Å². The maximum atomic E-state index is 12.7. The Hall–Kier alpha value is -1.40. The number of benzene rings is 1. The molecule has 1 aromatic carbocycles. The number of aromatic nitrogens is 3. The standard InChI is InChI=1S/C11H13FN4S/c12-9-1-3-11(4-2-9)17-6-5-16-8-10(7-13)14-15-16/h1-4,8H,5-7,13H2. The molecule has 4 nitrogen and oxygen atoms in total. The number of nitrogens with two attached hydrogens (primary N) is 1. The van der Waals surface area contributed by atoms with Gasteiger partial charge in [0.25, 0.3) is 0 Å². The largest absolute Gasteiger partial charge is 0.325 e. The SMILES string of the molecule is NCc1cn(CCSc2ccc(F)cc2)nn1. The molecule has 17 heavy (non-hydrogen) atoms. The fourth-order valence-corrected chi connectivity index (χ4v) is 2.17. The molecule has 0 aliphatic rings. The Kier molecular flexibility index (Phi) is 4.11. The van der Waals surface area contributed by atoms with Gasteiger partial charge in [-0.15, -0.1) is 16.9 Å². The molecular weight excluding hydrogens is 239 g/mol. The summed E-state index contributed by atoms with van der Waals surface area (Å²) in [6, 6.07) is 6.47. The monoisotopic (exact) mass is 252 g/mol. The molecule has 0 aliphatic carbocycles. The molecule has 2 aromatic rings. The van der Waals surface area contributed by atoms with Gasteiger partial charge in [0.2, 0.25) is 0 Å². The Labute approximate surface area is 103 Å². The maximum Gasteiger partial charge on any atom is 0.123 e. The fourth-order valence-electron chi connectivity index (χ4n) is 1.33. The molecule has 0 bridgehead atoms. The molecule has 0 radical (unpaired) electrons. The molecule has 1 aromatic heterocycles. The molecule has 90 valence electrons. The topological polar surface area (TPSA) is 56.7 Å². The minimum atomic E-state index is -0.210. The average Bonchev–Trinajstić information content (AvgIpc) is 2.80. The van der Waals surface area contributed by atoms with Gasteiger partial charge in [-0.2, -0.15) is 0 Å². The van der Waals surface area contributed by atoms with Crippen LogP contribution in [0.1, 0.15) is 5.69 Å². The van der Waals surface area contributed by atoms with Crippen LogP contribution in [0.2, 0.25) is 0 Å². The normalized spacial score (nSPS) is 10.7. The molecule has 0 aliphatic heterocycles. The van der Waals surface area contributed by atoms with Gasteiger partial charge in [-0.1, -0.05) is 5.21 Å². The quantitative estimate of drug-likeness (QED) is 0.822. The lowest BCUT2D eigenvalue weighted by molar-refractivity contribution is 0.626. The first-order valence-electron chi connectivity index (χ1n) is 5.25. The zero-order valence-electron chi connectivity index (χ0n) is 9.21. The van der Waals surface area contributed by atoms with Crippen molar-refractivity contribution in [2.45, 2.75) is 18.0 Å².